The lowest BCUT2D eigenvalue weighted by molar-refractivity contribution is -0.136. The van der Waals surface area contributed by atoms with Crippen LogP contribution in [0.15, 0.2) is 23.7 Å². The van der Waals surface area contributed by atoms with Crippen molar-refractivity contribution in [3.05, 3.63) is 23.7 Å². The number of nitrogens with one attached hydrogen (secondary N) is 2. The summed E-state index contributed by atoms with van der Waals surface area (Å²) in [6.07, 6.45) is 2.84. The molecule has 2 aliphatic heterocycles. The molecule has 1 saturated heterocycles. The van der Waals surface area contributed by atoms with E-state index in [2.05, 4.69) is 10.6 Å². The van der Waals surface area contributed by atoms with Crippen LogP contribution >= 0.6 is 0 Å². The van der Waals surface area contributed by atoms with Crippen molar-refractivity contribution < 1.29 is 18.8 Å². The van der Waals surface area contributed by atoms with E-state index in [0.29, 0.717) is 0 Å². The van der Waals surface area contributed by atoms with E-state index in [1.165, 1.54) is 6.08 Å². The molecule has 0 aliphatic carbocycles. The van der Waals surface area contributed by atoms with Crippen molar-refractivity contribution >= 4 is 17.7 Å². The summed E-state index contributed by atoms with van der Waals surface area (Å²) in [6.45, 7) is 0.0699. The number of nitrogens with two attached hydrogens (primary N) is 1. The van der Waals surface area contributed by atoms with Crippen molar-refractivity contribution in [2.24, 2.45) is 5.84 Å². The summed E-state index contributed by atoms with van der Waals surface area (Å²) in [5.41, 5.74) is 0.101. The highest BCUT2D eigenvalue weighted by Gasteiger charge is 2.28. The molecule has 2 heterocycles. The summed E-state index contributed by atoms with van der Waals surface area (Å²) < 4.78 is 13.2. The van der Waals surface area contributed by atoms with Crippen molar-refractivity contribution in [2.45, 2.75) is 18.9 Å². The second kappa shape index (κ2) is 5.19. The number of rotatable bonds is 2. The van der Waals surface area contributed by atoms with E-state index in [1.807, 2.05) is 0 Å². The summed E-state index contributed by atoms with van der Waals surface area (Å²) in [4.78, 5) is 34.2. The molecule has 7 nitrogen and oxygen atoms in total. The number of hydrogen-bond donors (Lipinski definition) is 3. The maximum absolute atomic E-state index is 13.2. The quantitative estimate of drug-likeness (QED) is 0.333. The Morgan fingerprint density at radius 1 is 1.53 bits per heavy atom. The van der Waals surface area contributed by atoms with Crippen LogP contribution in [0.4, 0.5) is 4.39 Å². The van der Waals surface area contributed by atoms with Crippen molar-refractivity contribution in [1.82, 2.24) is 15.6 Å². The number of imide groups is 1. The first-order chi connectivity index (χ1) is 8.97. The van der Waals surface area contributed by atoms with Gasteiger partial charge < -0.3 is 5.32 Å². The maximum Gasteiger partial charge on any atom is 0.251 e. The lowest BCUT2D eigenvalue weighted by Crippen LogP contribution is -2.52. The van der Waals surface area contributed by atoms with Crippen LogP contribution in [0.25, 0.3) is 0 Å². The Labute approximate surface area is 108 Å². The van der Waals surface area contributed by atoms with E-state index < -0.39 is 23.8 Å². The van der Waals surface area contributed by atoms with E-state index in [0.717, 1.165) is 11.1 Å². The molecule has 0 bridgehead atoms. The van der Waals surface area contributed by atoms with Crippen LogP contribution in [0.2, 0.25) is 0 Å². The Balaban J connectivity index is 1.99. The molecule has 102 valence electrons. The zero-order valence-corrected chi connectivity index (χ0v) is 9.98. The van der Waals surface area contributed by atoms with Crippen LogP contribution in [0.3, 0.4) is 0 Å². The van der Waals surface area contributed by atoms with Gasteiger partial charge in [0.05, 0.1) is 6.54 Å². The molecule has 1 unspecified atom stereocenters. The minimum Gasteiger partial charge on any atom is -0.340 e. The molecule has 19 heavy (non-hydrogen) atoms. The maximum atomic E-state index is 13.2. The normalized spacial score (nSPS) is 23.5. The average molecular weight is 268 g/mol. The molecule has 3 amide bonds. The van der Waals surface area contributed by atoms with Crippen molar-refractivity contribution in [2.75, 3.05) is 6.54 Å². The van der Waals surface area contributed by atoms with Crippen LogP contribution in [0.1, 0.15) is 12.8 Å². The van der Waals surface area contributed by atoms with Crippen molar-refractivity contribution in [3.63, 3.8) is 0 Å². The Kier molecular flexibility index (Phi) is 3.61. The molecule has 0 aromatic carbocycles. The SMILES string of the molecule is NN1CC=C(C(=O)NC2CCC(=O)NC2=O)C=C1F. The van der Waals surface area contributed by atoms with Gasteiger partial charge in [0.2, 0.25) is 17.8 Å². The zero-order chi connectivity index (χ0) is 14.0. The highest BCUT2D eigenvalue weighted by atomic mass is 19.1. The van der Waals surface area contributed by atoms with Crippen LogP contribution in [0, 0.1) is 0 Å². The van der Waals surface area contributed by atoms with Gasteiger partial charge in [-0.1, -0.05) is 6.08 Å². The van der Waals surface area contributed by atoms with Gasteiger partial charge in [-0.25, -0.2) is 5.84 Å². The molecule has 0 saturated carbocycles. The largest absolute Gasteiger partial charge is 0.340 e. The topological polar surface area (TPSA) is 105 Å². The number of hydrogen-bond acceptors (Lipinski definition) is 5. The lowest BCUT2D eigenvalue weighted by Gasteiger charge is -2.23. The van der Waals surface area contributed by atoms with Gasteiger partial charge in [0.1, 0.15) is 6.04 Å². The van der Waals surface area contributed by atoms with E-state index in [1.54, 1.807) is 0 Å². The Morgan fingerprint density at radius 2 is 2.26 bits per heavy atom. The van der Waals surface area contributed by atoms with Gasteiger partial charge >= 0.3 is 0 Å². The van der Waals surface area contributed by atoms with E-state index in [-0.39, 0.29) is 30.9 Å². The number of nitrogens with zero attached hydrogens (tertiary/aromatic N) is 1. The fourth-order valence-corrected chi connectivity index (χ4v) is 1.79. The van der Waals surface area contributed by atoms with Crippen molar-refractivity contribution in [3.8, 4) is 0 Å². The summed E-state index contributed by atoms with van der Waals surface area (Å²) in [7, 11) is 0. The number of amides is 3. The van der Waals surface area contributed by atoms with E-state index in [9.17, 15) is 18.8 Å². The first kappa shape index (κ1) is 13.2. The van der Waals surface area contributed by atoms with E-state index in [4.69, 9.17) is 5.84 Å². The van der Waals surface area contributed by atoms with Crippen LogP contribution in [0.5, 0.6) is 0 Å². The number of carbonyl (C=O) groups excluding carboxylic acids is 3. The lowest BCUT2D eigenvalue weighted by atomic mass is 10.1. The van der Waals surface area contributed by atoms with Gasteiger partial charge in [0.25, 0.3) is 5.91 Å². The fourth-order valence-electron chi connectivity index (χ4n) is 1.79. The van der Waals surface area contributed by atoms with Gasteiger partial charge in [-0.15, -0.1) is 0 Å². The monoisotopic (exact) mass is 268 g/mol. The molecule has 0 radical (unpaired) electrons. The summed E-state index contributed by atoms with van der Waals surface area (Å²) in [5.74, 6) is 3.06. The first-order valence-electron chi connectivity index (χ1n) is 5.71. The number of hydrazine groups is 1. The van der Waals surface area contributed by atoms with Crippen molar-refractivity contribution in [1.29, 1.82) is 0 Å². The molecule has 1 atom stereocenters. The zero-order valence-electron chi connectivity index (χ0n) is 9.98. The molecule has 1 fully saturated rings. The second-order valence-corrected chi connectivity index (χ2v) is 4.26. The van der Waals surface area contributed by atoms with Crippen LogP contribution < -0.4 is 16.5 Å². The third kappa shape index (κ3) is 2.97. The second-order valence-electron chi connectivity index (χ2n) is 4.26. The molecule has 0 aromatic heterocycles. The molecule has 4 N–H and O–H groups in total. The third-order valence-corrected chi connectivity index (χ3v) is 2.86. The molecule has 8 heteroatoms. The Morgan fingerprint density at radius 3 is 2.89 bits per heavy atom. The molecule has 0 aromatic rings. The number of piperidine rings is 1. The van der Waals surface area contributed by atoms with Gasteiger partial charge in [-0.3, -0.25) is 24.7 Å². The molecule has 2 rings (SSSR count). The van der Waals surface area contributed by atoms with E-state index >= 15 is 0 Å². The fraction of sp³-hybridized carbons (Fsp3) is 0.364. The number of halogens is 1. The standard InChI is InChI=1S/C11H13FN4O3/c12-8-5-6(3-4-16(8)13)10(18)14-7-1-2-9(17)15-11(7)19/h3,5,7H,1-2,4,13H2,(H,14,18)(H,15,17,19). The summed E-state index contributed by atoms with van der Waals surface area (Å²) >= 11 is 0. The molecular formula is C11H13FN4O3. The summed E-state index contributed by atoms with van der Waals surface area (Å²) in [6, 6.07) is -0.779. The smallest absolute Gasteiger partial charge is 0.251 e. The molecule has 0 spiro atoms. The predicted octanol–water partition coefficient (Wildman–Crippen LogP) is -1.17. The Bertz CT molecular complexity index is 500. The van der Waals surface area contributed by atoms with Crippen LogP contribution in [-0.4, -0.2) is 35.3 Å². The van der Waals surface area contributed by atoms with Crippen LogP contribution in [-0.2, 0) is 14.4 Å². The minimum atomic E-state index is -0.779. The minimum absolute atomic E-state index is 0.0699. The van der Waals surface area contributed by atoms with Gasteiger partial charge in [0.15, 0.2) is 0 Å². The van der Waals surface area contributed by atoms with Gasteiger partial charge in [-0.2, -0.15) is 4.39 Å². The third-order valence-electron chi connectivity index (χ3n) is 2.86. The summed E-state index contributed by atoms with van der Waals surface area (Å²) in [5, 5.41) is 5.43. The number of carbonyl (C=O) groups is 3. The Hall–Kier alpha value is -2.22. The highest BCUT2D eigenvalue weighted by Crippen LogP contribution is 2.13. The van der Waals surface area contributed by atoms with Gasteiger partial charge in [0, 0.05) is 18.1 Å². The molecular weight excluding hydrogens is 255 g/mol. The van der Waals surface area contributed by atoms with Gasteiger partial charge in [-0.05, 0) is 6.42 Å². The predicted molar refractivity (Wildman–Crippen MR) is 62.5 cm³/mol. The molecule has 2 aliphatic rings. The first-order valence-corrected chi connectivity index (χ1v) is 5.71. The highest BCUT2D eigenvalue weighted by molar-refractivity contribution is 6.04. The average Bonchev–Trinajstić information content (AvgIpc) is 2.36.